The maximum Gasteiger partial charge on any atom is 0.267 e. The molecule has 1 aliphatic carbocycles. The van der Waals surface area contributed by atoms with Crippen LogP contribution in [0.3, 0.4) is 0 Å². The molecule has 3 atom stereocenters. The first-order valence-corrected chi connectivity index (χ1v) is 12.5. The van der Waals surface area contributed by atoms with Gasteiger partial charge in [0.2, 0.25) is 5.91 Å². The number of rotatable bonds is 4. The Kier molecular flexibility index (Phi) is 5.32. The van der Waals surface area contributed by atoms with Crippen molar-refractivity contribution in [1.82, 2.24) is 0 Å². The van der Waals surface area contributed by atoms with Gasteiger partial charge in [0.05, 0.1) is 24.4 Å². The largest absolute Gasteiger partial charge is 0.497 e. The summed E-state index contributed by atoms with van der Waals surface area (Å²) in [5, 5.41) is 12.1. The summed E-state index contributed by atoms with van der Waals surface area (Å²) >= 11 is 1.41. The summed E-state index contributed by atoms with van der Waals surface area (Å²) in [6, 6.07) is 18.7. The molecule has 6 rings (SSSR count). The molecular formula is C27H23N3O4S. The Morgan fingerprint density at radius 2 is 1.77 bits per heavy atom. The van der Waals surface area contributed by atoms with Crippen LogP contribution in [0, 0.1) is 17.2 Å². The standard InChI is InChI=1S/C27H23N3O4S/c1-33-18-13-11-16(12-14-18)23-22-24(34-30(23)17-7-3-2-4-8-17)26(32)29(25(22)31)27-20(15-28)19-9-5-6-10-21(19)35-27/h2-4,7-8,11-14,22-24H,5-6,9-10H2,1H3/t22-,23+,24+/m1/s1. The number of thiophene rings is 1. The van der Waals surface area contributed by atoms with Gasteiger partial charge in [-0.25, -0.2) is 9.96 Å². The lowest BCUT2D eigenvalue weighted by atomic mass is 9.90. The van der Waals surface area contributed by atoms with Gasteiger partial charge in [-0.15, -0.1) is 11.3 Å². The molecule has 8 heteroatoms. The lowest BCUT2D eigenvalue weighted by molar-refractivity contribution is -0.126. The highest BCUT2D eigenvalue weighted by Gasteiger charge is 2.61. The molecule has 3 aromatic rings. The van der Waals surface area contributed by atoms with E-state index in [-0.39, 0.29) is 5.91 Å². The predicted molar refractivity (Wildman–Crippen MR) is 131 cm³/mol. The second kappa shape index (κ2) is 8.52. The Hall–Kier alpha value is -3.67. The number of benzene rings is 2. The number of nitriles is 1. The smallest absolute Gasteiger partial charge is 0.267 e. The van der Waals surface area contributed by atoms with Gasteiger partial charge in [0.15, 0.2) is 6.10 Å². The van der Waals surface area contributed by atoms with Crippen molar-refractivity contribution in [3.05, 3.63) is 76.2 Å². The third kappa shape index (κ3) is 3.34. The fourth-order valence-corrected chi connectivity index (χ4v) is 6.73. The molecule has 2 saturated heterocycles. The van der Waals surface area contributed by atoms with Crippen LogP contribution in [0.4, 0.5) is 10.7 Å². The minimum Gasteiger partial charge on any atom is -0.497 e. The van der Waals surface area contributed by atoms with E-state index in [4.69, 9.17) is 9.57 Å². The molecule has 3 heterocycles. The molecule has 2 amide bonds. The van der Waals surface area contributed by atoms with Gasteiger partial charge < -0.3 is 4.74 Å². The molecule has 2 fully saturated rings. The normalized spacial score (nSPS) is 23.3. The summed E-state index contributed by atoms with van der Waals surface area (Å²) in [6.07, 6.45) is 2.80. The van der Waals surface area contributed by atoms with Crippen molar-refractivity contribution >= 4 is 33.8 Å². The summed E-state index contributed by atoms with van der Waals surface area (Å²) < 4.78 is 5.30. The van der Waals surface area contributed by atoms with E-state index in [9.17, 15) is 14.9 Å². The molecule has 0 unspecified atom stereocenters. The molecule has 3 aliphatic rings. The first kappa shape index (κ1) is 21.8. The van der Waals surface area contributed by atoms with Crippen LogP contribution >= 0.6 is 11.3 Å². The van der Waals surface area contributed by atoms with Crippen molar-refractivity contribution < 1.29 is 19.2 Å². The minimum atomic E-state index is -0.958. The summed E-state index contributed by atoms with van der Waals surface area (Å²) in [4.78, 5) is 36.1. The SMILES string of the molecule is COc1ccc([C@H]2[C@H]3C(=O)N(c4sc5c(c4C#N)CCCC5)C(=O)[C@H]3ON2c2ccccc2)cc1. The number of aryl methyl sites for hydroxylation is 1. The fraction of sp³-hybridized carbons (Fsp3) is 0.296. The summed E-state index contributed by atoms with van der Waals surface area (Å²) in [7, 11) is 1.60. The Morgan fingerprint density at radius 3 is 2.49 bits per heavy atom. The first-order chi connectivity index (χ1) is 17.1. The second-order valence-electron chi connectivity index (χ2n) is 8.95. The Morgan fingerprint density at radius 1 is 1.03 bits per heavy atom. The number of ether oxygens (including phenoxy) is 1. The number of imide groups is 1. The van der Waals surface area contributed by atoms with E-state index in [1.807, 2.05) is 54.6 Å². The van der Waals surface area contributed by atoms with Crippen LogP contribution in [-0.2, 0) is 27.3 Å². The van der Waals surface area contributed by atoms with E-state index in [0.717, 1.165) is 47.4 Å². The fourth-order valence-electron chi connectivity index (χ4n) is 5.38. The number of carbonyl (C=O) groups excluding carboxylic acids is 2. The zero-order valence-corrected chi connectivity index (χ0v) is 20.0. The molecule has 1 aromatic heterocycles. The molecular weight excluding hydrogens is 462 g/mol. The van der Waals surface area contributed by atoms with Crippen LogP contribution in [0.15, 0.2) is 54.6 Å². The van der Waals surface area contributed by atoms with Crippen LogP contribution in [0.2, 0.25) is 0 Å². The molecule has 2 aliphatic heterocycles. The van der Waals surface area contributed by atoms with Gasteiger partial charge in [0.1, 0.15) is 22.7 Å². The quantitative estimate of drug-likeness (QED) is 0.504. The number of hydrogen-bond donors (Lipinski definition) is 0. The van der Waals surface area contributed by atoms with E-state index in [2.05, 4.69) is 6.07 Å². The molecule has 176 valence electrons. The number of anilines is 2. The zero-order chi connectivity index (χ0) is 24.1. The summed E-state index contributed by atoms with van der Waals surface area (Å²) in [5.41, 5.74) is 3.07. The minimum absolute atomic E-state index is 0.325. The number of amides is 2. The van der Waals surface area contributed by atoms with Crippen molar-refractivity contribution in [2.45, 2.75) is 37.8 Å². The predicted octanol–water partition coefficient (Wildman–Crippen LogP) is 4.56. The molecule has 7 nitrogen and oxygen atoms in total. The van der Waals surface area contributed by atoms with Gasteiger partial charge in [-0.1, -0.05) is 30.3 Å². The molecule has 0 N–H and O–H groups in total. The maximum atomic E-state index is 13.9. The number of para-hydroxylation sites is 1. The van der Waals surface area contributed by atoms with Crippen LogP contribution < -0.4 is 14.7 Å². The summed E-state index contributed by atoms with van der Waals surface area (Å²) in [6.45, 7) is 0. The molecule has 0 spiro atoms. The maximum absolute atomic E-state index is 13.9. The average Bonchev–Trinajstić information content (AvgIpc) is 3.54. The third-order valence-electron chi connectivity index (χ3n) is 7.05. The molecule has 0 bridgehead atoms. The Balaban J connectivity index is 1.43. The van der Waals surface area contributed by atoms with Gasteiger partial charge in [-0.2, -0.15) is 5.26 Å². The first-order valence-electron chi connectivity index (χ1n) is 11.7. The number of hydrogen-bond acceptors (Lipinski definition) is 7. The van der Waals surface area contributed by atoms with E-state index in [0.29, 0.717) is 16.3 Å². The number of hydroxylamine groups is 1. The van der Waals surface area contributed by atoms with Gasteiger partial charge in [0, 0.05) is 4.88 Å². The highest BCUT2D eigenvalue weighted by molar-refractivity contribution is 7.17. The lowest BCUT2D eigenvalue weighted by Crippen LogP contribution is -2.37. The number of carbonyl (C=O) groups is 2. The third-order valence-corrected chi connectivity index (χ3v) is 8.33. The number of nitrogens with zero attached hydrogens (tertiary/aromatic N) is 3. The lowest BCUT2D eigenvalue weighted by Gasteiger charge is -2.28. The van der Waals surface area contributed by atoms with E-state index >= 15 is 0 Å². The van der Waals surface area contributed by atoms with Crippen LogP contribution in [0.1, 0.15) is 40.5 Å². The van der Waals surface area contributed by atoms with Crippen molar-refractivity contribution in [2.24, 2.45) is 5.92 Å². The highest BCUT2D eigenvalue weighted by Crippen LogP contribution is 2.50. The van der Waals surface area contributed by atoms with Gasteiger partial charge in [-0.3, -0.25) is 14.4 Å². The van der Waals surface area contributed by atoms with Crippen LogP contribution in [0.5, 0.6) is 5.75 Å². The molecule has 2 aromatic carbocycles. The average molecular weight is 486 g/mol. The number of fused-ring (bicyclic) bond motifs is 2. The second-order valence-corrected chi connectivity index (χ2v) is 10.0. The van der Waals surface area contributed by atoms with Gasteiger partial charge in [0.25, 0.3) is 5.91 Å². The summed E-state index contributed by atoms with van der Waals surface area (Å²) in [5.74, 6) is -0.767. The zero-order valence-electron chi connectivity index (χ0n) is 19.1. The Labute approximate surface area is 207 Å². The van der Waals surface area contributed by atoms with Crippen molar-refractivity contribution in [3.63, 3.8) is 0 Å². The molecule has 0 saturated carbocycles. The molecule has 35 heavy (non-hydrogen) atoms. The van der Waals surface area contributed by atoms with E-state index < -0.39 is 24.0 Å². The Bertz CT molecular complexity index is 1350. The van der Waals surface area contributed by atoms with Crippen LogP contribution in [0.25, 0.3) is 0 Å². The van der Waals surface area contributed by atoms with Crippen molar-refractivity contribution in [1.29, 1.82) is 5.26 Å². The van der Waals surface area contributed by atoms with Crippen molar-refractivity contribution in [3.8, 4) is 11.8 Å². The topological polar surface area (TPSA) is 82.9 Å². The van der Waals surface area contributed by atoms with Gasteiger partial charge in [-0.05, 0) is 61.1 Å². The highest BCUT2D eigenvalue weighted by atomic mass is 32.1. The van der Waals surface area contributed by atoms with E-state index in [1.54, 1.807) is 12.2 Å². The monoisotopic (exact) mass is 485 g/mol. The van der Waals surface area contributed by atoms with Crippen LogP contribution in [-0.4, -0.2) is 25.0 Å². The molecule has 0 radical (unpaired) electrons. The van der Waals surface area contributed by atoms with E-state index in [1.165, 1.54) is 16.2 Å². The number of methoxy groups -OCH3 is 1. The van der Waals surface area contributed by atoms with Gasteiger partial charge >= 0.3 is 0 Å². The van der Waals surface area contributed by atoms with Crippen molar-refractivity contribution in [2.75, 3.05) is 17.1 Å².